The molecule has 0 spiro atoms. The van der Waals surface area contributed by atoms with Crippen molar-refractivity contribution in [3.05, 3.63) is 71.9 Å². The van der Waals surface area contributed by atoms with E-state index in [0.717, 1.165) is 44.1 Å². The first-order valence-electron chi connectivity index (χ1n) is 12.0. The van der Waals surface area contributed by atoms with Crippen LogP contribution in [0.3, 0.4) is 0 Å². The van der Waals surface area contributed by atoms with E-state index in [9.17, 15) is 13.2 Å². The van der Waals surface area contributed by atoms with Gasteiger partial charge in [-0.25, -0.2) is 22.8 Å². The van der Waals surface area contributed by atoms with Gasteiger partial charge < -0.3 is 10.2 Å². The van der Waals surface area contributed by atoms with Gasteiger partial charge in [0.2, 0.25) is 5.95 Å². The molecule has 2 aliphatic rings. The molecule has 6 nitrogen and oxygen atoms in total. The van der Waals surface area contributed by atoms with Crippen LogP contribution in [0.25, 0.3) is 22.2 Å². The predicted octanol–water partition coefficient (Wildman–Crippen LogP) is 5.12. The van der Waals surface area contributed by atoms with Crippen molar-refractivity contribution >= 4 is 16.9 Å². The number of benzene rings is 1. The molecule has 5 heterocycles. The molecule has 0 bridgehead atoms. The van der Waals surface area contributed by atoms with Crippen molar-refractivity contribution in [1.29, 1.82) is 0 Å². The van der Waals surface area contributed by atoms with E-state index in [0.29, 0.717) is 28.0 Å². The van der Waals surface area contributed by atoms with E-state index < -0.39 is 29.8 Å². The predicted molar refractivity (Wildman–Crippen MR) is 128 cm³/mol. The highest BCUT2D eigenvalue weighted by molar-refractivity contribution is 5.92. The van der Waals surface area contributed by atoms with Crippen molar-refractivity contribution in [3.8, 4) is 11.1 Å². The summed E-state index contributed by atoms with van der Waals surface area (Å²) in [6.07, 6.45) is 3.43. The van der Waals surface area contributed by atoms with Crippen molar-refractivity contribution in [2.75, 3.05) is 24.5 Å². The molecule has 6 rings (SSSR count). The fourth-order valence-corrected chi connectivity index (χ4v) is 5.33. The first-order valence-corrected chi connectivity index (χ1v) is 12.0. The van der Waals surface area contributed by atoms with Crippen molar-refractivity contribution in [1.82, 2.24) is 25.1 Å². The minimum atomic E-state index is -1.23. The maximum atomic E-state index is 15.5. The van der Waals surface area contributed by atoms with Crippen molar-refractivity contribution in [2.24, 2.45) is 0 Å². The lowest BCUT2D eigenvalue weighted by Crippen LogP contribution is -2.30. The number of alkyl halides is 1. The Bertz CT molecular complexity index is 1420. The number of nitrogens with zero attached hydrogens (tertiary/aromatic N) is 5. The molecule has 10 heteroatoms. The Hall–Kier alpha value is -3.53. The molecule has 186 valence electrons. The van der Waals surface area contributed by atoms with Crippen LogP contribution in [-0.2, 0) is 0 Å². The van der Waals surface area contributed by atoms with Gasteiger partial charge in [-0.2, -0.15) is 9.49 Å². The molecular formula is C26H24F4N6. The Balaban J connectivity index is 1.41. The lowest BCUT2D eigenvalue weighted by molar-refractivity contribution is 0.304. The lowest BCUT2D eigenvalue weighted by atomic mass is 10.0. The number of piperidine rings is 1. The van der Waals surface area contributed by atoms with Crippen LogP contribution >= 0.6 is 0 Å². The molecule has 4 aromatic rings. The maximum Gasteiger partial charge on any atom is 0.219 e. The van der Waals surface area contributed by atoms with Gasteiger partial charge in [-0.3, -0.25) is 4.98 Å². The smallest absolute Gasteiger partial charge is 0.219 e. The van der Waals surface area contributed by atoms with Crippen LogP contribution in [0.4, 0.5) is 23.4 Å². The Labute approximate surface area is 205 Å². The summed E-state index contributed by atoms with van der Waals surface area (Å²) in [6.45, 7) is 1.60. The van der Waals surface area contributed by atoms with Crippen molar-refractivity contribution in [3.63, 3.8) is 0 Å². The summed E-state index contributed by atoms with van der Waals surface area (Å²) in [4.78, 5) is 10.7. The monoisotopic (exact) mass is 496 g/mol. The first-order chi connectivity index (χ1) is 17.5. The highest BCUT2D eigenvalue weighted by atomic mass is 19.1. The van der Waals surface area contributed by atoms with E-state index in [2.05, 4.69) is 15.4 Å². The molecule has 1 aromatic carbocycles. The molecule has 2 fully saturated rings. The van der Waals surface area contributed by atoms with Crippen LogP contribution in [0.1, 0.15) is 36.9 Å². The number of aromatic nitrogens is 4. The summed E-state index contributed by atoms with van der Waals surface area (Å²) < 4.78 is 60.0. The lowest BCUT2D eigenvalue weighted by Gasteiger charge is -2.26. The summed E-state index contributed by atoms with van der Waals surface area (Å²) in [5, 5.41) is 7.60. The molecule has 1 N–H and O–H groups in total. The van der Waals surface area contributed by atoms with E-state index in [1.54, 1.807) is 29.3 Å². The van der Waals surface area contributed by atoms with Gasteiger partial charge in [0.05, 0.1) is 41.4 Å². The zero-order chi connectivity index (χ0) is 24.8. The molecule has 3 aromatic heterocycles. The molecule has 0 saturated carbocycles. The summed E-state index contributed by atoms with van der Waals surface area (Å²) in [5.41, 5.74) is 1.87. The Morgan fingerprint density at radius 2 is 1.81 bits per heavy atom. The number of hydrogen-bond donors (Lipinski definition) is 1. The number of hydrogen-bond acceptors (Lipinski definition) is 5. The van der Waals surface area contributed by atoms with E-state index in [1.165, 1.54) is 10.9 Å². The maximum absolute atomic E-state index is 15.5. The quantitative estimate of drug-likeness (QED) is 0.397. The molecule has 2 saturated heterocycles. The second-order valence-electron chi connectivity index (χ2n) is 9.34. The zero-order valence-corrected chi connectivity index (χ0v) is 19.3. The third-order valence-corrected chi connectivity index (χ3v) is 7.11. The van der Waals surface area contributed by atoms with Crippen LogP contribution in [0.15, 0.2) is 48.8 Å². The van der Waals surface area contributed by atoms with E-state index in [4.69, 9.17) is 4.98 Å². The number of nitrogens with one attached hydrogen (secondary N) is 1. The minimum absolute atomic E-state index is 0.0115. The number of fused-ring (bicyclic) bond motifs is 1. The largest absolute Gasteiger partial charge is 0.346 e. The van der Waals surface area contributed by atoms with E-state index >= 15 is 4.39 Å². The summed E-state index contributed by atoms with van der Waals surface area (Å²) in [6, 6.07) is 7.52. The second-order valence-corrected chi connectivity index (χ2v) is 9.34. The Morgan fingerprint density at radius 3 is 2.64 bits per heavy atom. The molecule has 2 atom stereocenters. The highest BCUT2D eigenvalue weighted by Crippen LogP contribution is 2.39. The van der Waals surface area contributed by atoms with Gasteiger partial charge in [-0.15, -0.1) is 0 Å². The third kappa shape index (κ3) is 3.99. The average molecular weight is 497 g/mol. The molecule has 0 aliphatic carbocycles. The van der Waals surface area contributed by atoms with Crippen LogP contribution in [0.2, 0.25) is 0 Å². The Kier molecular flexibility index (Phi) is 5.83. The molecule has 0 radical (unpaired) electrons. The van der Waals surface area contributed by atoms with Gasteiger partial charge in [-0.05, 0) is 62.3 Å². The zero-order valence-electron chi connectivity index (χ0n) is 19.3. The fourth-order valence-electron chi connectivity index (χ4n) is 5.33. The highest BCUT2D eigenvalue weighted by Gasteiger charge is 2.36. The molecule has 0 amide bonds. The second kappa shape index (κ2) is 9.16. The topological polar surface area (TPSA) is 58.9 Å². The summed E-state index contributed by atoms with van der Waals surface area (Å²) >= 11 is 0. The van der Waals surface area contributed by atoms with Gasteiger partial charge in [-0.1, -0.05) is 0 Å². The molecule has 36 heavy (non-hydrogen) atoms. The number of rotatable bonds is 4. The van der Waals surface area contributed by atoms with Crippen LogP contribution in [-0.4, -0.2) is 45.6 Å². The van der Waals surface area contributed by atoms with Crippen molar-refractivity contribution < 1.29 is 17.6 Å². The van der Waals surface area contributed by atoms with Gasteiger partial charge in [0.25, 0.3) is 0 Å². The number of halogens is 4. The van der Waals surface area contributed by atoms with Gasteiger partial charge in [0.15, 0.2) is 0 Å². The van der Waals surface area contributed by atoms with E-state index in [1.807, 2.05) is 0 Å². The average Bonchev–Trinajstić information content (AvgIpc) is 3.47. The molecule has 0 unspecified atom stereocenters. The summed E-state index contributed by atoms with van der Waals surface area (Å²) in [7, 11) is 0. The SMILES string of the molecule is Fc1ccc(F)c([C@H]2C[C@H](F)CN2c2ccc3nccc(-c4cnn(C5CCNCC5)c4F)c3n2)c1. The van der Waals surface area contributed by atoms with Gasteiger partial charge in [0.1, 0.15) is 23.6 Å². The molecular weight excluding hydrogens is 472 g/mol. The fraction of sp³-hybridized carbons (Fsp3) is 0.346. The number of pyridine rings is 2. The molecule has 2 aliphatic heterocycles. The van der Waals surface area contributed by atoms with E-state index in [-0.39, 0.29) is 24.6 Å². The first kappa shape index (κ1) is 22.9. The van der Waals surface area contributed by atoms with Crippen molar-refractivity contribution in [2.45, 2.75) is 37.5 Å². The van der Waals surface area contributed by atoms with Gasteiger partial charge >= 0.3 is 0 Å². The number of anilines is 1. The van der Waals surface area contributed by atoms with Crippen LogP contribution < -0.4 is 10.2 Å². The summed E-state index contributed by atoms with van der Waals surface area (Å²) in [5.74, 6) is -1.24. The Morgan fingerprint density at radius 1 is 0.972 bits per heavy atom. The van der Waals surface area contributed by atoms with Crippen LogP contribution in [0, 0.1) is 17.6 Å². The van der Waals surface area contributed by atoms with Gasteiger partial charge in [0, 0.05) is 23.7 Å². The third-order valence-electron chi connectivity index (χ3n) is 7.11. The standard InChI is InChI=1S/C26H24F4N6/c27-15-1-2-21(29)19(11-15)23-12-16(28)14-35(23)24-4-3-22-25(34-24)18(7-10-32-22)20-13-33-36(26(20)30)17-5-8-31-9-6-17/h1-4,7,10-11,13,16-17,23,31H,5-6,8-9,12,14H2/t16-,23+/m0/s1. The minimum Gasteiger partial charge on any atom is -0.346 e. The normalized spacial score (nSPS) is 20.9. The van der Waals surface area contributed by atoms with Crippen LogP contribution in [0.5, 0.6) is 0 Å².